The maximum Gasteiger partial charge on any atom is 0.516 e. The van der Waals surface area contributed by atoms with E-state index >= 15 is 0 Å². The Morgan fingerprint density at radius 1 is 1.00 bits per heavy atom. The molecular formula is C9H8O2+2. The molecule has 0 aromatic heterocycles. The van der Waals surface area contributed by atoms with Gasteiger partial charge in [0, 0.05) is 21.4 Å². The molecular weight excluding hydrogens is 140 g/mol. The maximum absolute atomic E-state index is 10.4. The van der Waals surface area contributed by atoms with Crippen molar-refractivity contribution < 1.29 is 9.59 Å². The zero-order valence-corrected chi connectivity index (χ0v) is 5.99. The first-order valence-electron chi connectivity index (χ1n) is 3.80. The predicted octanol–water partition coefficient (Wildman–Crippen LogP) is 0.644. The van der Waals surface area contributed by atoms with Crippen molar-refractivity contribution in [3.8, 4) is 0 Å². The van der Waals surface area contributed by atoms with Crippen molar-refractivity contribution in [2.75, 3.05) is 0 Å². The van der Waals surface area contributed by atoms with Gasteiger partial charge in [0.2, 0.25) is 0 Å². The number of fused-ring (bicyclic) bond motifs is 2. The number of hydrogen-bond donors (Lipinski definition) is 0. The molecule has 0 aromatic rings. The molecule has 54 valence electrons. The summed E-state index contributed by atoms with van der Waals surface area (Å²) in [6, 6.07) is 0. The summed E-state index contributed by atoms with van der Waals surface area (Å²) < 4.78 is 0. The highest BCUT2D eigenvalue weighted by Crippen LogP contribution is 2.45. The Morgan fingerprint density at radius 3 is 1.82 bits per heavy atom. The normalized spacial score (nSPS) is 45.5. The Balaban J connectivity index is 2.27. The molecule has 1 fully saturated rings. The molecule has 2 rings (SSSR count). The van der Waals surface area contributed by atoms with Crippen LogP contribution in [0.5, 0.6) is 0 Å². The van der Waals surface area contributed by atoms with Crippen molar-refractivity contribution in [3.05, 3.63) is 12.2 Å². The molecule has 11 heavy (non-hydrogen) atoms. The van der Waals surface area contributed by atoms with Crippen molar-refractivity contribution in [2.24, 2.45) is 23.7 Å². The van der Waals surface area contributed by atoms with Crippen molar-refractivity contribution >= 4 is 12.6 Å². The van der Waals surface area contributed by atoms with Crippen LogP contribution >= 0.6 is 0 Å². The Labute approximate surface area is 65.3 Å². The summed E-state index contributed by atoms with van der Waals surface area (Å²) in [4.78, 5) is 20.9. The van der Waals surface area contributed by atoms with Gasteiger partial charge < -0.3 is 0 Å². The van der Waals surface area contributed by atoms with Crippen LogP contribution in [0.3, 0.4) is 0 Å². The summed E-state index contributed by atoms with van der Waals surface area (Å²) in [5.74, 6) is 0.123. The van der Waals surface area contributed by atoms with Gasteiger partial charge in [-0.05, 0) is 6.42 Å². The molecule has 0 aliphatic heterocycles. The van der Waals surface area contributed by atoms with Crippen LogP contribution in [-0.4, -0.2) is 12.6 Å². The third-order valence-corrected chi connectivity index (χ3v) is 2.73. The van der Waals surface area contributed by atoms with E-state index in [9.17, 15) is 9.59 Å². The molecule has 0 heterocycles. The first kappa shape index (κ1) is 6.60. The summed E-state index contributed by atoms with van der Waals surface area (Å²) in [5, 5.41) is 0. The molecule has 0 N–H and O–H groups in total. The quantitative estimate of drug-likeness (QED) is 0.425. The lowest BCUT2D eigenvalue weighted by Gasteiger charge is -1.99. The van der Waals surface area contributed by atoms with Crippen LogP contribution in [0.25, 0.3) is 0 Å². The standard InChI is InChI=1S/C9H8O2/c10-4-8-6-1-2-7(3-6)9(8)5-11/h1-2,6-9H,3H2/q+2. The summed E-state index contributed by atoms with van der Waals surface area (Å²) in [7, 11) is 0. The molecule has 2 nitrogen and oxygen atoms in total. The van der Waals surface area contributed by atoms with Gasteiger partial charge in [0.25, 0.3) is 11.8 Å². The van der Waals surface area contributed by atoms with Crippen LogP contribution in [-0.2, 0) is 9.59 Å². The van der Waals surface area contributed by atoms with Gasteiger partial charge in [-0.25, -0.2) is 0 Å². The van der Waals surface area contributed by atoms with Crippen molar-refractivity contribution in [1.82, 2.24) is 0 Å². The Morgan fingerprint density at radius 2 is 1.45 bits per heavy atom. The second-order valence-corrected chi connectivity index (χ2v) is 3.24. The van der Waals surface area contributed by atoms with Crippen LogP contribution in [0, 0.1) is 23.7 Å². The average molecular weight is 148 g/mol. The second kappa shape index (κ2) is 2.20. The molecule has 1 saturated carbocycles. The molecule has 2 aliphatic rings. The third kappa shape index (κ3) is 0.742. The molecule has 0 radical (unpaired) electrons. The number of allylic oxidation sites excluding steroid dienone is 2. The maximum atomic E-state index is 10.4. The minimum absolute atomic E-state index is 0.206. The van der Waals surface area contributed by atoms with E-state index in [1.165, 1.54) is 0 Å². The Kier molecular flexibility index (Phi) is 1.32. The highest BCUT2D eigenvalue weighted by Gasteiger charge is 2.60. The summed E-state index contributed by atoms with van der Waals surface area (Å²) in [5.41, 5.74) is 0. The topological polar surface area (TPSA) is 34.1 Å². The first-order chi connectivity index (χ1) is 5.36. The van der Waals surface area contributed by atoms with Gasteiger partial charge in [-0.2, -0.15) is 0 Å². The number of hydrogen-bond acceptors (Lipinski definition) is 2. The van der Waals surface area contributed by atoms with Gasteiger partial charge in [0.05, 0.1) is 0 Å². The zero-order valence-electron chi connectivity index (χ0n) is 5.99. The molecule has 0 spiro atoms. The van der Waals surface area contributed by atoms with Gasteiger partial charge in [0.15, 0.2) is 0 Å². The molecule has 4 atom stereocenters. The monoisotopic (exact) mass is 148 g/mol. The van der Waals surface area contributed by atoms with Gasteiger partial charge in [-0.1, -0.05) is 12.2 Å². The lowest BCUT2D eigenvalue weighted by molar-refractivity contribution is 0.427. The lowest BCUT2D eigenvalue weighted by atomic mass is 9.85. The van der Waals surface area contributed by atoms with E-state index < -0.39 is 0 Å². The lowest BCUT2D eigenvalue weighted by Crippen LogP contribution is -2.21. The first-order valence-corrected chi connectivity index (χ1v) is 3.80. The molecule has 4 unspecified atom stereocenters. The average Bonchev–Trinajstić information content (AvgIpc) is 2.60. The Hall–Kier alpha value is -1.10. The van der Waals surface area contributed by atoms with E-state index in [1.807, 2.05) is 24.7 Å². The minimum atomic E-state index is -0.206. The van der Waals surface area contributed by atoms with Crippen molar-refractivity contribution in [3.63, 3.8) is 0 Å². The van der Waals surface area contributed by atoms with Crippen LogP contribution in [0.15, 0.2) is 12.2 Å². The zero-order chi connectivity index (χ0) is 7.84. The minimum Gasteiger partial charge on any atom is -0.0794 e. The SMILES string of the molecule is O=[C+]C1C2C=CC(C2)C1[C+]=O. The molecule has 0 aromatic carbocycles. The van der Waals surface area contributed by atoms with Gasteiger partial charge >= 0.3 is 12.6 Å². The molecule has 0 saturated heterocycles. The van der Waals surface area contributed by atoms with Gasteiger partial charge in [-0.3, -0.25) is 0 Å². The molecule has 2 aliphatic carbocycles. The van der Waals surface area contributed by atoms with Crippen LogP contribution in [0.2, 0.25) is 0 Å². The summed E-state index contributed by atoms with van der Waals surface area (Å²) in [6.07, 6.45) is 8.85. The van der Waals surface area contributed by atoms with Gasteiger partial charge in [0.1, 0.15) is 0 Å². The molecule has 2 bridgehead atoms. The highest BCUT2D eigenvalue weighted by atomic mass is 16.1. The third-order valence-electron chi connectivity index (χ3n) is 2.73. The fraction of sp³-hybridized carbons (Fsp3) is 0.556. The van der Waals surface area contributed by atoms with E-state index in [4.69, 9.17) is 0 Å². The van der Waals surface area contributed by atoms with E-state index in [1.54, 1.807) is 0 Å². The van der Waals surface area contributed by atoms with Gasteiger partial charge in [-0.15, -0.1) is 0 Å². The van der Waals surface area contributed by atoms with E-state index in [0.717, 1.165) is 6.42 Å². The Bertz CT molecular complexity index is 198. The van der Waals surface area contributed by atoms with E-state index in [2.05, 4.69) is 0 Å². The summed E-state index contributed by atoms with van der Waals surface area (Å²) >= 11 is 0. The second-order valence-electron chi connectivity index (χ2n) is 3.24. The van der Waals surface area contributed by atoms with E-state index in [-0.39, 0.29) is 23.7 Å². The highest BCUT2D eigenvalue weighted by molar-refractivity contribution is 5.69. The predicted molar refractivity (Wildman–Crippen MR) is 39.1 cm³/mol. The van der Waals surface area contributed by atoms with Crippen LogP contribution in [0.4, 0.5) is 0 Å². The van der Waals surface area contributed by atoms with Crippen molar-refractivity contribution in [2.45, 2.75) is 6.42 Å². The number of rotatable bonds is 2. The summed E-state index contributed by atoms with van der Waals surface area (Å²) in [6.45, 7) is 0. The van der Waals surface area contributed by atoms with Crippen molar-refractivity contribution in [1.29, 1.82) is 0 Å². The fourth-order valence-electron chi connectivity index (χ4n) is 2.14. The fourth-order valence-corrected chi connectivity index (χ4v) is 2.14. The number of carbonyl (C=O) groups excluding carboxylic acids is 2. The smallest absolute Gasteiger partial charge is 0.0794 e. The van der Waals surface area contributed by atoms with Crippen LogP contribution in [0.1, 0.15) is 6.42 Å². The largest absolute Gasteiger partial charge is 0.516 e. The van der Waals surface area contributed by atoms with E-state index in [0.29, 0.717) is 0 Å². The molecule has 0 amide bonds. The van der Waals surface area contributed by atoms with Crippen LogP contribution < -0.4 is 0 Å². The molecule has 2 heteroatoms.